The van der Waals surface area contributed by atoms with E-state index >= 15 is 0 Å². The summed E-state index contributed by atoms with van der Waals surface area (Å²) in [6.07, 6.45) is -17.1. The van der Waals surface area contributed by atoms with Crippen LogP contribution in [0, 0.1) is 58.2 Å². The lowest BCUT2D eigenvalue weighted by atomic mass is 9.68. The topological polar surface area (TPSA) is 9.23 Å². The van der Waals surface area contributed by atoms with Gasteiger partial charge in [0.15, 0.2) is 5.41 Å². The van der Waals surface area contributed by atoms with Gasteiger partial charge in [0.25, 0.3) is 5.92 Å². The molecule has 2 heterocycles. The van der Waals surface area contributed by atoms with Crippen molar-refractivity contribution in [3.63, 3.8) is 0 Å². The standard InChI is InChI=1S/C14H20F6.C13H19F5O/c1-7-8(2)11-5-9(7)4-10(11)6-12(3,13(15,16)17)14(18,19)20;1-6-7(2)10-12(14,15)8(9(6)19-10)5-11(3,4)13(16,17)18/h7-11H,4-6H2,1-3H3;6-10H,5H2,1-4H3. The number of hydrogen-bond acceptors (Lipinski definition) is 1. The molecule has 4 rings (SSSR count). The second-order valence-electron chi connectivity index (χ2n) is 13.5. The molecule has 39 heavy (non-hydrogen) atoms. The van der Waals surface area contributed by atoms with E-state index in [4.69, 9.17) is 4.74 Å². The monoisotopic (exact) mass is 588 g/mol. The Kier molecular flexibility index (Phi) is 8.29. The van der Waals surface area contributed by atoms with Crippen LogP contribution in [-0.2, 0) is 4.74 Å². The summed E-state index contributed by atoms with van der Waals surface area (Å²) >= 11 is 0. The van der Waals surface area contributed by atoms with Crippen molar-refractivity contribution in [2.24, 2.45) is 58.2 Å². The molecule has 10 unspecified atom stereocenters. The molecular formula is C27H39F11O. The molecule has 10 atom stereocenters. The first-order valence-corrected chi connectivity index (χ1v) is 13.5. The van der Waals surface area contributed by atoms with Crippen molar-refractivity contribution >= 4 is 0 Å². The molecule has 2 aliphatic carbocycles. The predicted octanol–water partition coefficient (Wildman–Crippen LogP) is 9.71. The van der Waals surface area contributed by atoms with Gasteiger partial charge in [0.2, 0.25) is 0 Å². The maximum Gasteiger partial charge on any atom is 0.402 e. The van der Waals surface area contributed by atoms with Crippen molar-refractivity contribution in [2.75, 3.05) is 0 Å². The van der Waals surface area contributed by atoms with Gasteiger partial charge in [0.05, 0.1) is 17.4 Å². The van der Waals surface area contributed by atoms with E-state index in [2.05, 4.69) is 6.92 Å². The average Bonchev–Trinajstić information content (AvgIpc) is 3.43. The zero-order chi connectivity index (χ0) is 30.3. The van der Waals surface area contributed by atoms with E-state index in [1.165, 1.54) is 0 Å². The lowest BCUT2D eigenvalue weighted by Crippen LogP contribution is -2.49. The number of hydrogen-bond donors (Lipinski definition) is 0. The van der Waals surface area contributed by atoms with E-state index in [1.807, 2.05) is 6.92 Å². The van der Waals surface area contributed by atoms with Crippen molar-refractivity contribution < 1.29 is 53.0 Å². The molecule has 2 aliphatic heterocycles. The van der Waals surface area contributed by atoms with Crippen LogP contribution in [0.4, 0.5) is 48.3 Å². The van der Waals surface area contributed by atoms with E-state index in [1.54, 1.807) is 13.8 Å². The van der Waals surface area contributed by atoms with Crippen LogP contribution in [0.2, 0.25) is 0 Å². The molecule has 0 radical (unpaired) electrons. The summed E-state index contributed by atoms with van der Waals surface area (Å²) in [5.74, 6) is -4.46. The molecule has 2 saturated carbocycles. The third-order valence-electron chi connectivity index (χ3n) is 10.9. The Hall–Kier alpha value is -0.810. The van der Waals surface area contributed by atoms with Gasteiger partial charge in [-0.3, -0.25) is 0 Å². The summed E-state index contributed by atoms with van der Waals surface area (Å²) in [5, 5.41) is 0. The molecule has 2 saturated heterocycles. The van der Waals surface area contributed by atoms with E-state index in [0.717, 1.165) is 20.3 Å². The van der Waals surface area contributed by atoms with Crippen molar-refractivity contribution in [1.29, 1.82) is 0 Å². The minimum atomic E-state index is -5.25. The number of ether oxygens (including phenoxy) is 1. The minimum Gasteiger partial charge on any atom is -0.368 e. The zero-order valence-electron chi connectivity index (χ0n) is 23.2. The van der Waals surface area contributed by atoms with Gasteiger partial charge < -0.3 is 4.74 Å². The van der Waals surface area contributed by atoms with Crippen molar-refractivity contribution in [2.45, 2.75) is 111 Å². The van der Waals surface area contributed by atoms with E-state index < -0.39 is 72.2 Å². The molecule has 4 bridgehead atoms. The number of alkyl halides is 11. The first kappa shape index (κ1) is 32.7. The summed E-state index contributed by atoms with van der Waals surface area (Å²) < 4.78 is 150. The second-order valence-corrected chi connectivity index (χ2v) is 13.5. The maximum absolute atomic E-state index is 14.2. The summed E-state index contributed by atoms with van der Waals surface area (Å²) in [5.41, 5.74) is -5.71. The van der Waals surface area contributed by atoms with Gasteiger partial charge >= 0.3 is 18.5 Å². The predicted molar refractivity (Wildman–Crippen MR) is 123 cm³/mol. The Morgan fingerprint density at radius 2 is 1.18 bits per heavy atom. The van der Waals surface area contributed by atoms with E-state index in [0.29, 0.717) is 25.2 Å². The zero-order valence-corrected chi connectivity index (χ0v) is 23.2. The molecule has 0 N–H and O–H groups in total. The highest BCUT2D eigenvalue weighted by Gasteiger charge is 2.70. The Morgan fingerprint density at radius 1 is 0.667 bits per heavy atom. The van der Waals surface area contributed by atoms with Gasteiger partial charge in [-0.15, -0.1) is 0 Å². The fraction of sp³-hybridized carbons (Fsp3) is 1.00. The van der Waals surface area contributed by atoms with Crippen molar-refractivity contribution in [3.8, 4) is 0 Å². The molecule has 0 aromatic carbocycles. The summed E-state index contributed by atoms with van der Waals surface area (Å²) in [4.78, 5) is 0. The lowest BCUT2D eigenvalue weighted by molar-refractivity contribution is -0.340. The van der Waals surface area contributed by atoms with Crippen LogP contribution in [0.5, 0.6) is 0 Å². The average molecular weight is 589 g/mol. The number of halogens is 11. The first-order valence-electron chi connectivity index (χ1n) is 13.5. The highest BCUT2D eigenvalue weighted by atomic mass is 19.4. The number of rotatable bonds is 4. The van der Waals surface area contributed by atoms with E-state index in [9.17, 15) is 48.3 Å². The SMILES string of the molecule is CC1C(C)C2OC1C(CC(C)(C)C(F)(F)F)C2(F)F.CC1C2CC(CC(C)(C(F)(F)F)C(F)(F)F)C(C2)C1C. The molecule has 4 fully saturated rings. The molecule has 0 spiro atoms. The van der Waals surface area contributed by atoms with Crippen LogP contribution in [0.1, 0.15) is 74.1 Å². The van der Waals surface area contributed by atoms with Gasteiger partial charge in [0.1, 0.15) is 6.10 Å². The summed E-state index contributed by atoms with van der Waals surface area (Å²) in [7, 11) is 0. The molecule has 1 nitrogen and oxygen atoms in total. The normalized spacial score (nSPS) is 40.2. The molecule has 0 aromatic rings. The van der Waals surface area contributed by atoms with Gasteiger partial charge in [-0.05, 0) is 74.0 Å². The Bertz CT molecular complexity index is 858. The van der Waals surface area contributed by atoms with Crippen LogP contribution < -0.4 is 0 Å². The lowest BCUT2D eigenvalue weighted by Gasteiger charge is -2.40. The highest BCUT2D eigenvalue weighted by Crippen LogP contribution is 2.62. The molecule has 0 amide bonds. The third kappa shape index (κ3) is 5.42. The molecule has 12 heteroatoms. The fourth-order valence-corrected chi connectivity index (χ4v) is 7.49. The van der Waals surface area contributed by atoms with Crippen molar-refractivity contribution in [3.05, 3.63) is 0 Å². The molecular weight excluding hydrogens is 549 g/mol. The van der Waals surface area contributed by atoms with Crippen LogP contribution >= 0.6 is 0 Å². The second kappa shape index (κ2) is 9.89. The van der Waals surface area contributed by atoms with Gasteiger partial charge in [-0.1, -0.05) is 41.5 Å². The summed E-state index contributed by atoms with van der Waals surface area (Å²) in [6, 6.07) is 0. The molecule has 0 aromatic heterocycles. The Labute approximate surface area is 222 Å². The van der Waals surface area contributed by atoms with Crippen LogP contribution in [0.25, 0.3) is 0 Å². The fourth-order valence-electron chi connectivity index (χ4n) is 7.49. The Morgan fingerprint density at radius 3 is 1.56 bits per heavy atom. The summed E-state index contributed by atoms with van der Waals surface area (Å²) in [6.45, 7) is 9.73. The third-order valence-corrected chi connectivity index (χ3v) is 10.9. The number of fused-ring (bicyclic) bond motifs is 4. The van der Waals surface area contributed by atoms with Crippen molar-refractivity contribution in [1.82, 2.24) is 0 Å². The maximum atomic E-state index is 14.2. The van der Waals surface area contributed by atoms with Gasteiger partial charge in [-0.2, -0.15) is 39.5 Å². The molecule has 230 valence electrons. The van der Waals surface area contributed by atoms with Gasteiger partial charge in [-0.25, -0.2) is 8.78 Å². The quantitative estimate of drug-likeness (QED) is 0.297. The van der Waals surface area contributed by atoms with Crippen LogP contribution in [0.15, 0.2) is 0 Å². The minimum absolute atomic E-state index is 0.0130. The Balaban J connectivity index is 0.000000216. The highest BCUT2D eigenvalue weighted by molar-refractivity contribution is 5.09. The van der Waals surface area contributed by atoms with Crippen LogP contribution in [-0.4, -0.2) is 36.7 Å². The molecule has 4 aliphatic rings. The van der Waals surface area contributed by atoms with Gasteiger partial charge in [0, 0.05) is 0 Å². The largest absolute Gasteiger partial charge is 0.402 e. The first-order chi connectivity index (χ1) is 17.3. The smallest absolute Gasteiger partial charge is 0.368 e. The van der Waals surface area contributed by atoms with Crippen LogP contribution in [0.3, 0.4) is 0 Å². The van der Waals surface area contributed by atoms with E-state index in [-0.39, 0.29) is 23.7 Å².